The topological polar surface area (TPSA) is 0 Å². The SMILES string of the molecule is CCCCCCCCc1c2ccccc2c(-c2ccc(Br)s2)c2ccccc12. The third kappa shape index (κ3) is 4.04. The molecule has 1 aromatic heterocycles. The maximum atomic E-state index is 3.65. The summed E-state index contributed by atoms with van der Waals surface area (Å²) < 4.78 is 1.19. The second-order valence-corrected chi connectivity index (χ2v) is 10.0. The molecule has 0 nitrogen and oxygen atoms in total. The van der Waals surface area contributed by atoms with E-state index in [0.29, 0.717) is 0 Å². The molecule has 0 bridgehead atoms. The molecule has 2 heteroatoms. The molecule has 28 heavy (non-hydrogen) atoms. The molecule has 0 amide bonds. The van der Waals surface area contributed by atoms with E-state index in [1.165, 1.54) is 86.3 Å². The predicted octanol–water partition coefficient (Wildman–Crippen LogP) is 9.39. The first-order chi connectivity index (χ1) is 13.8. The smallest absolute Gasteiger partial charge is 0.0705 e. The summed E-state index contributed by atoms with van der Waals surface area (Å²) in [5.41, 5.74) is 2.91. The summed E-state index contributed by atoms with van der Waals surface area (Å²) in [7, 11) is 0. The number of hydrogen-bond acceptors (Lipinski definition) is 1. The van der Waals surface area contributed by atoms with Crippen molar-refractivity contribution in [1.82, 2.24) is 0 Å². The van der Waals surface area contributed by atoms with Gasteiger partial charge in [0.05, 0.1) is 3.79 Å². The zero-order chi connectivity index (χ0) is 19.3. The fourth-order valence-corrected chi connectivity index (χ4v) is 5.74. The lowest BCUT2D eigenvalue weighted by molar-refractivity contribution is 0.609. The second kappa shape index (κ2) is 9.24. The van der Waals surface area contributed by atoms with Crippen LogP contribution in [0.2, 0.25) is 0 Å². The number of aryl methyl sites for hydroxylation is 1. The number of unbranched alkanes of at least 4 members (excludes halogenated alkanes) is 5. The molecule has 0 radical (unpaired) electrons. The molecule has 4 aromatic rings. The molecule has 0 atom stereocenters. The highest BCUT2D eigenvalue weighted by atomic mass is 79.9. The van der Waals surface area contributed by atoms with E-state index in [1.807, 2.05) is 11.3 Å². The number of fused-ring (bicyclic) bond motifs is 2. The summed E-state index contributed by atoms with van der Waals surface area (Å²) >= 11 is 5.47. The summed E-state index contributed by atoms with van der Waals surface area (Å²) in [4.78, 5) is 1.34. The van der Waals surface area contributed by atoms with Crippen molar-refractivity contribution in [3.8, 4) is 10.4 Å². The molecule has 1 heterocycles. The van der Waals surface area contributed by atoms with Crippen LogP contribution in [-0.4, -0.2) is 0 Å². The van der Waals surface area contributed by atoms with Crippen molar-refractivity contribution in [2.75, 3.05) is 0 Å². The van der Waals surface area contributed by atoms with Gasteiger partial charge in [-0.15, -0.1) is 11.3 Å². The van der Waals surface area contributed by atoms with Gasteiger partial charge in [-0.1, -0.05) is 87.6 Å². The van der Waals surface area contributed by atoms with Crippen LogP contribution in [-0.2, 0) is 6.42 Å². The Labute approximate surface area is 180 Å². The summed E-state index contributed by atoms with van der Waals surface area (Å²) in [6.45, 7) is 2.28. The Balaban J connectivity index is 1.79. The first-order valence-electron chi connectivity index (χ1n) is 10.5. The quantitative estimate of drug-likeness (QED) is 0.185. The Morgan fingerprint density at radius 3 is 1.82 bits per heavy atom. The van der Waals surface area contributed by atoms with Gasteiger partial charge in [-0.05, 0) is 68.0 Å². The molecule has 0 aliphatic carbocycles. The van der Waals surface area contributed by atoms with Crippen molar-refractivity contribution in [2.24, 2.45) is 0 Å². The lowest BCUT2D eigenvalue weighted by atomic mass is 9.89. The largest absolute Gasteiger partial charge is 0.128 e. The summed E-state index contributed by atoms with van der Waals surface area (Å²) in [6, 6.07) is 22.4. The Hall–Kier alpha value is -1.64. The molecule has 0 saturated carbocycles. The van der Waals surface area contributed by atoms with Crippen LogP contribution in [0.5, 0.6) is 0 Å². The van der Waals surface area contributed by atoms with Gasteiger partial charge in [0, 0.05) is 10.4 Å². The van der Waals surface area contributed by atoms with Gasteiger partial charge >= 0.3 is 0 Å². The van der Waals surface area contributed by atoms with Gasteiger partial charge in [0.2, 0.25) is 0 Å². The molecule has 0 unspecified atom stereocenters. The van der Waals surface area contributed by atoms with Crippen LogP contribution in [0.25, 0.3) is 32.0 Å². The van der Waals surface area contributed by atoms with Crippen LogP contribution in [0.4, 0.5) is 0 Å². The van der Waals surface area contributed by atoms with Crippen LogP contribution in [0.1, 0.15) is 51.0 Å². The normalized spacial score (nSPS) is 11.5. The molecule has 0 aliphatic heterocycles. The maximum absolute atomic E-state index is 3.65. The van der Waals surface area contributed by atoms with Crippen molar-refractivity contribution in [3.05, 3.63) is 70.0 Å². The number of halogens is 1. The molecular weight excluding hydrogens is 424 g/mol. The predicted molar refractivity (Wildman–Crippen MR) is 130 cm³/mol. The Morgan fingerprint density at radius 2 is 1.25 bits per heavy atom. The summed E-state index contributed by atoms with van der Waals surface area (Å²) in [5.74, 6) is 0. The van der Waals surface area contributed by atoms with Crippen molar-refractivity contribution >= 4 is 48.8 Å². The van der Waals surface area contributed by atoms with Crippen molar-refractivity contribution in [2.45, 2.75) is 51.9 Å². The van der Waals surface area contributed by atoms with E-state index < -0.39 is 0 Å². The monoisotopic (exact) mass is 450 g/mol. The minimum Gasteiger partial charge on any atom is -0.128 e. The van der Waals surface area contributed by atoms with Gasteiger partial charge < -0.3 is 0 Å². The Morgan fingerprint density at radius 1 is 0.679 bits per heavy atom. The number of thiophene rings is 1. The molecule has 0 saturated heterocycles. The van der Waals surface area contributed by atoms with Crippen LogP contribution in [0, 0.1) is 0 Å². The molecule has 3 aromatic carbocycles. The Kier molecular flexibility index (Phi) is 6.49. The van der Waals surface area contributed by atoms with Gasteiger partial charge in [-0.2, -0.15) is 0 Å². The van der Waals surface area contributed by atoms with Crippen LogP contribution in [0.3, 0.4) is 0 Å². The standard InChI is InChI=1S/C26H27BrS/c1-2-3-4-5-6-7-12-19-20-13-8-10-15-22(20)26(24-17-18-25(27)28-24)23-16-11-9-14-21(19)23/h8-11,13-18H,2-7,12H2,1H3. The van der Waals surface area contributed by atoms with Gasteiger partial charge in [0.25, 0.3) is 0 Å². The summed E-state index contributed by atoms with van der Waals surface area (Å²) in [5, 5.41) is 5.62. The van der Waals surface area contributed by atoms with E-state index in [1.54, 1.807) is 0 Å². The number of benzene rings is 3. The highest BCUT2D eigenvalue weighted by Gasteiger charge is 2.15. The lowest BCUT2D eigenvalue weighted by Crippen LogP contribution is -1.94. The van der Waals surface area contributed by atoms with Crippen molar-refractivity contribution < 1.29 is 0 Å². The first kappa shape index (κ1) is 19.7. The van der Waals surface area contributed by atoms with E-state index in [4.69, 9.17) is 0 Å². The maximum Gasteiger partial charge on any atom is 0.0705 e. The van der Waals surface area contributed by atoms with Gasteiger partial charge in [-0.3, -0.25) is 0 Å². The van der Waals surface area contributed by atoms with E-state index in [-0.39, 0.29) is 0 Å². The number of rotatable bonds is 8. The second-order valence-electron chi connectivity index (χ2n) is 7.57. The Bertz CT molecular complexity index is 1020. The van der Waals surface area contributed by atoms with E-state index >= 15 is 0 Å². The average Bonchev–Trinajstić information content (AvgIpc) is 3.15. The third-order valence-corrected chi connectivity index (χ3v) is 7.28. The minimum atomic E-state index is 1.17. The van der Waals surface area contributed by atoms with E-state index in [0.717, 1.165) is 0 Å². The van der Waals surface area contributed by atoms with Crippen LogP contribution >= 0.6 is 27.3 Å². The van der Waals surface area contributed by atoms with Crippen LogP contribution < -0.4 is 0 Å². The molecule has 4 rings (SSSR count). The van der Waals surface area contributed by atoms with Crippen molar-refractivity contribution in [1.29, 1.82) is 0 Å². The van der Waals surface area contributed by atoms with E-state index in [9.17, 15) is 0 Å². The van der Waals surface area contributed by atoms with E-state index in [2.05, 4.69) is 83.5 Å². The van der Waals surface area contributed by atoms with Gasteiger partial charge in [0.1, 0.15) is 0 Å². The molecule has 0 N–H and O–H groups in total. The lowest BCUT2D eigenvalue weighted by Gasteiger charge is -2.16. The van der Waals surface area contributed by atoms with Crippen LogP contribution in [0.15, 0.2) is 64.5 Å². The highest BCUT2D eigenvalue weighted by molar-refractivity contribution is 9.11. The molecule has 0 fully saturated rings. The molecule has 144 valence electrons. The molecule has 0 spiro atoms. The minimum absolute atomic E-state index is 1.17. The van der Waals surface area contributed by atoms with Gasteiger partial charge in [-0.25, -0.2) is 0 Å². The molecule has 0 aliphatic rings. The fraction of sp³-hybridized carbons (Fsp3) is 0.308. The van der Waals surface area contributed by atoms with Gasteiger partial charge in [0.15, 0.2) is 0 Å². The average molecular weight is 451 g/mol. The zero-order valence-electron chi connectivity index (χ0n) is 16.5. The fourth-order valence-electron chi connectivity index (χ4n) is 4.28. The molecular formula is C26H27BrS. The number of hydrogen-bond donors (Lipinski definition) is 0. The third-order valence-electron chi connectivity index (χ3n) is 5.64. The summed E-state index contributed by atoms with van der Waals surface area (Å²) in [6.07, 6.45) is 9.22. The zero-order valence-corrected chi connectivity index (χ0v) is 18.9. The highest BCUT2D eigenvalue weighted by Crippen LogP contribution is 2.43. The van der Waals surface area contributed by atoms with Crippen molar-refractivity contribution in [3.63, 3.8) is 0 Å². The first-order valence-corrected chi connectivity index (χ1v) is 12.1.